The molecular formula is C20H22N2O3. The molecule has 130 valence electrons. The van der Waals surface area contributed by atoms with Crippen molar-refractivity contribution >= 4 is 17.9 Å². The summed E-state index contributed by atoms with van der Waals surface area (Å²) in [5, 5.41) is 2.72. The number of benzene rings is 1. The third-order valence-electron chi connectivity index (χ3n) is 3.96. The van der Waals surface area contributed by atoms with E-state index in [-0.39, 0.29) is 5.56 Å². The number of anilines is 1. The van der Waals surface area contributed by atoms with Gasteiger partial charge in [0, 0.05) is 30.1 Å². The van der Waals surface area contributed by atoms with E-state index in [9.17, 15) is 9.59 Å². The van der Waals surface area contributed by atoms with Gasteiger partial charge in [-0.05, 0) is 50.5 Å². The van der Waals surface area contributed by atoms with Crippen LogP contribution in [-0.4, -0.2) is 16.3 Å². The Bertz CT molecular complexity index is 900. The predicted octanol–water partition coefficient (Wildman–Crippen LogP) is 3.97. The van der Waals surface area contributed by atoms with Crippen LogP contribution in [0.5, 0.6) is 0 Å². The van der Waals surface area contributed by atoms with Crippen LogP contribution in [0.2, 0.25) is 0 Å². The van der Waals surface area contributed by atoms with E-state index in [1.54, 1.807) is 11.6 Å². The second-order valence-electron chi connectivity index (χ2n) is 7.16. The summed E-state index contributed by atoms with van der Waals surface area (Å²) in [6.07, 6.45) is 6.06. The summed E-state index contributed by atoms with van der Waals surface area (Å²) >= 11 is 0. The molecule has 0 spiro atoms. The van der Waals surface area contributed by atoms with Crippen LogP contribution < -0.4 is 10.9 Å². The lowest BCUT2D eigenvalue weighted by Gasteiger charge is -2.19. The van der Waals surface area contributed by atoms with E-state index in [0.29, 0.717) is 12.1 Å². The number of rotatable bonds is 2. The maximum absolute atomic E-state index is 12.2. The van der Waals surface area contributed by atoms with Crippen molar-refractivity contribution < 1.29 is 9.53 Å². The first kappa shape index (κ1) is 17.0. The molecule has 0 bridgehead atoms. The number of amides is 1. The summed E-state index contributed by atoms with van der Waals surface area (Å²) in [6, 6.07) is 7.52. The minimum absolute atomic E-state index is 0.0481. The van der Waals surface area contributed by atoms with Crippen molar-refractivity contribution in [3.05, 3.63) is 58.0 Å². The largest absolute Gasteiger partial charge is 0.444 e. The van der Waals surface area contributed by atoms with Crippen molar-refractivity contribution in [1.82, 2.24) is 4.57 Å². The lowest BCUT2D eigenvalue weighted by atomic mass is 9.99. The summed E-state index contributed by atoms with van der Waals surface area (Å²) in [4.78, 5) is 24.0. The normalized spacial score (nSPS) is 12.8. The number of hydrogen-bond donors (Lipinski definition) is 1. The molecule has 0 saturated carbocycles. The van der Waals surface area contributed by atoms with Gasteiger partial charge in [0.25, 0.3) is 5.56 Å². The Balaban J connectivity index is 1.86. The monoisotopic (exact) mass is 338 g/mol. The van der Waals surface area contributed by atoms with Crippen molar-refractivity contribution in [1.29, 1.82) is 0 Å². The Hall–Kier alpha value is -2.82. The number of fused-ring (bicyclic) bond motifs is 1. The lowest BCUT2D eigenvalue weighted by molar-refractivity contribution is 0.0636. The molecule has 0 aliphatic heterocycles. The number of carbonyl (C=O) groups is 1. The summed E-state index contributed by atoms with van der Waals surface area (Å²) in [5.41, 5.74) is 3.99. The summed E-state index contributed by atoms with van der Waals surface area (Å²) in [7, 11) is 1.77. The topological polar surface area (TPSA) is 60.3 Å². The Labute approximate surface area is 146 Å². The third kappa shape index (κ3) is 3.65. The molecule has 1 aliphatic carbocycles. The Kier molecular flexibility index (Phi) is 4.25. The third-order valence-corrected chi connectivity index (χ3v) is 3.96. The number of nitrogens with zero attached hydrogens (tertiary/aromatic N) is 1. The van der Waals surface area contributed by atoms with E-state index in [1.165, 1.54) is 0 Å². The second-order valence-corrected chi connectivity index (χ2v) is 7.16. The Morgan fingerprint density at radius 2 is 1.88 bits per heavy atom. The molecule has 2 aromatic rings. The number of ether oxygens (including phenoxy) is 1. The number of hydrogen-bond acceptors (Lipinski definition) is 3. The average Bonchev–Trinajstić information content (AvgIpc) is 3.00. The molecule has 0 unspecified atom stereocenters. The summed E-state index contributed by atoms with van der Waals surface area (Å²) < 4.78 is 6.87. The van der Waals surface area contributed by atoms with Gasteiger partial charge in [-0.1, -0.05) is 24.3 Å². The van der Waals surface area contributed by atoms with Crippen LogP contribution in [0.15, 0.2) is 41.3 Å². The number of allylic oxidation sites excluding steroid dienone is 1. The SMILES string of the molecule is Cn1cc(-c2ccc(NC(=O)OC(C)(C)C)cc2)c2c(c1=O)CC=C2. The molecule has 1 aromatic heterocycles. The van der Waals surface area contributed by atoms with E-state index >= 15 is 0 Å². The number of nitrogens with one attached hydrogen (secondary N) is 1. The van der Waals surface area contributed by atoms with Crippen LogP contribution in [0, 0.1) is 0 Å². The highest BCUT2D eigenvalue weighted by Crippen LogP contribution is 2.30. The number of aryl methyl sites for hydroxylation is 1. The number of carbonyl (C=O) groups excluding carboxylic acids is 1. The molecule has 1 heterocycles. The molecule has 5 heteroatoms. The molecule has 3 rings (SSSR count). The van der Waals surface area contributed by atoms with Gasteiger partial charge >= 0.3 is 6.09 Å². The fourth-order valence-electron chi connectivity index (χ4n) is 2.88. The van der Waals surface area contributed by atoms with E-state index in [2.05, 4.69) is 5.32 Å². The smallest absolute Gasteiger partial charge is 0.412 e. The first-order valence-electron chi connectivity index (χ1n) is 8.24. The van der Waals surface area contributed by atoms with Gasteiger partial charge in [-0.3, -0.25) is 10.1 Å². The molecule has 5 nitrogen and oxygen atoms in total. The first-order valence-corrected chi connectivity index (χ1v) is 8.24. The van der Waals surface area contributed by atoms with Crippen LogP contribution in [0.3, 0.4) is 0 Å². The fraction of sp³-hybridized carbons (Fsp3) is 0.300. The van der Waals surface area contributed by atoms with Gasteiger partial charge in [-0.15, -0.1) is 0 Å². The summed E-state index contributed by atoms with van der Waals surface area (Å²) in [6.45, 7) is 5.47. The fourth-order valence-corrected chi connectivity index (χ4v) is 2.88. The molecular weight excluding hydrogens is 316 g/mol. The molecule has 0 saturated heterocycles. The maximum Gasteiger partial charge on any atom is 0.412 e. The van der Waals surface area contributed by atoms with Crippen molar-refractivity contribution in [2.24, 2.45) is 7.05 Å². The van der Waals surface area contributed by atoms with Gasteiger partial charge in [0.05, 0.1) is 0 Å². The first-order chi connectivity index (χ1) is 11.7. The zero-order valence-electron chi connectivity index (χ0n) is 14.9. The lowest BCUT2D eigenvalue weighted by Crippen LogP contribution is -2.27. The van der Waals surface area contributed by atoms with Crippen LogP contribution in [0.25, 0.3) is 17.2 Å². The maximum atomic E-state index is 12.2. The quantitative estimate of drug-likeness (QED) is 0.901. The molecule has 1 aromatic carbocycles. The minimum atomic E-state index is -0.536. The molecule has 25 heavy (non-hydrogen) atoms. The Morgan fingerprint density at radius 1 is 1.20 bits per heavy atom. The van der Waals surface area contributed by atoms with E-state index in [4.69, 9.17) is 4.74 Å². The standard InChI is InChI=1S/C20H22N2O3/c1-20(2,3)25-19(24)21-14-10-8-13(9-11-14)17-12-22(4)18(23)16-7-5-6-15(16)17/h5-6,8-12H,7H2,1-4H3,(H,21,24). The van der Waals surface area contributed by atoms with Gasteiger partial charge in [0.2, 0.25) is 0 Å². The second kappa shape index (κ2) is 6.24. The van der Waals surface area contributed by atoms with E-state index < -0.39 is 11.7 Å². The zero-order valence-corrected chi connectivity index (χ0v) is 14.9. The van der Waals surface area contributed by atoms with Crippen molar-refractivity contribution in [3.8, 4) is 11.1 Å². The van der Waals surface area contributed by atoms with E-state index in [1.807, 2.05) is 63.4 Å². The minimum Gasteiger partial charge on any atom is -0.444 e. The van der Waals surface area contributed by atoms with Gasteiger partial charge in [-0.25, -0.2) is 4.79 Å². The van der Waals surface area contributed by atoms with Crippen molar-refractivity contribution in [2.45, 2.75) is 32.8 Å². The number of aromatic nitrogens is 1. The molecule has 0 fully saturated rings. The van der Waals surface area contributed by atoms with Crippen LogP contribution in [0.1, 0.15) is 31.9 Å². The van der Waals surface area contributed by atoms with E-state index in [0.717, 1.165) is 22.3 Å². The summed E-state index contributed by atoms with van der Waals surface area (Å²) in [5.74, 6) is 0. The molecule has 1 aliphatic rings. The van der Waals surface area contributed by atoms with Crippen molar-refractivity contribution in [3.63, 3.8) is 0 Å². The average molecular weight is 338 g/mol. The highest BCUT2D eigenvalue weighted by atomic mass is 16.6. The molecule has 1 amide bonds. The molecule has 0 radical (unpaired) electrons. The Morgan fingerprint density at radius 3 is 2.52 bits per heavy atom. The highest BCUT2D eigenvalue weighted by molar-refractivity contribution is 5.86. The zero-order chi connectivity index (χ0) is 18.2. The predicted molar refractivity (Wildman–Crippen MR) is 99.7 cm³/mol. The number of pyridine rings is 1. The highest BCUT2D eigenvalue weighted by Gasteiger charge is 2.18. The van der Waals surface area contributed by atoms with Crippen molar-refractivity contribution in [2.75, 3.05) is 5.32 Å². The van der Waals surface area contributed by atoms with Crippen LogP contribution in [-0.2, 0) is 18.2 Å². The van der Waals surface area contributed by atoms with Crippen LogP contribution in [0.4, 0.5) is 10.5 Å². The van der Waals surface area contributed by atoms with Gasteiger partial charge < -0.3 is 9.30 Å². The van der Waals surface area contributed by atoms with Gasteiger partial charge in [0.1, 0.15) is 5.60 Å². The molecule has 1 N–H and O–H groups in total. The van der Waals surface area contributed by atoms with Crippen LogP contribution >= 0.6 is 0 Å². The van der Waals surface area contributed by atoms with Gasteiger partial charge in [-0.2, -0.15) is 0 Å². The van der Waals surface area contributed by atoms with Gasteiger partial charge in [0.15, 0.2) is 0 Å². The molecule has 0 atom stereocenters.